The van der Waals surface area contributed by atoms with Crippen LogP contribution in [0, 0.1) is 6.92 Å². The number of carbonyl (C=O) groups is 1. The molecule has 1 N–H and O–H groups in total. The van der Waals surface area contributed by atoms with Gasteiger partial charge in [0.1, 0.15) is 11.4 Å². The van der Waals surface area contributed by atoms with Gasteiger partial charge < -0.3 is 14.6 Å². The minimum Gasteiger partial charge on any atom is -0.380 e. The number of likely N-dealkylation sites (tertiary alicyclic amines) is 1. The minimum atomic E-state index is -1.12. The normalized spacial score (nSPS) is 27.9. The Bertz CT molecular complexity index is 1340. The molecule has 1 saturated carbocycles. The molecule has 0 unspecified atom stereocenters. The summed E-state index contributed by atoms with van der Waals surface area (Å²) < 4.78 is 2.52. The highest BCUT2D eigenvalue weighted by Crippen LogP contribution is 2.45. The van der Waals surface area contributed by atoms with Crippen molar-refractivity contribution in [1.82, 2.24) is 19.4 Å². The molecule has 7 rings (SSSR count). The zero-order valence-electron chi connectivity index (χ0n) is 24.0. The van der Waals surface area contributed by atoms with Gasteiger partial charge in [-0.1, -0.05) is 42.5 Å². The minimum absolute atomic E-state index is 0.0194. The van der Waals surface area contributed by atoms with Crippen LogP contribution in [0.5, 0.6) is 0 Å². The Morgan fingerprint density at radius 2 is 1.55 bits per heavy atom. The van der Waals surface area contributed by atoms with Crippen molar-refractivity contribution in [3.63, 3.8) is 0 Å². The van der Waals surface area contributed by atoms with Crippen LogP contribution in [-0.4, -0.2) is 67.7 Å². The Morgan fingerprint density at radius 3 is 2.25 bits per heavy atom. The number of benzene rings is 2. The van der Waals surface area contributed by atoms with Crippen LogP contribution < -0.4 is 0 Å². The Hall–Kier alpha value is -2.70. The Morgan fingerprint density at radius 1 is 0.900 bits per heavy atom. The first-order chi connectivity index (χ1) is 19.5. The largest absolute Gasteiger partial charge is 0.380 e. The van der Waals surface area contributed by atoms with Crippen LogP contribution in [0.2, 0.25) is 0 Å². The summed E-state index contributed by atoms with van der Waals surface area (Å²) in [5.74, 6) is 1.12. The first-order valence-corrected chi connectivity index (χ1v) is 15.7. The third-order valence-electron chi connectivity index (χ3n) is 11.1. The van der Waals surface area contributed by atoms with E-state index >= 15 is 0 Å². The second-order valence-electron chi connectivity index (χ2n) is 13.2. The number of aromatic nitrogens is 2. The van der Waals surface area contributed by atoms with Crippen molar-refractivity contribution >= 4 is 16.9 Å². The number of hydrogen-bond acceptors (Lipinski definition) is 4. The van der Waals surface area contributed by atoms with Crippen molar-refractivity contribution in [3.8, 4) is 0 Å². The Balaban J connectivity index is 1.06. The summed E-state index contributed by atoms with van der Waals surface area (Å²) in [6.07, 6.45) is 11.3. The summed E-state index contributed by atoms with van der Waals surface area (Å²) in [4.78, 5) is 22.9. The highest BCUT2D eigenvalue weighted by molar-refractivity contribution is 5.85. The molecule has 1 aliphatic carbocycles. The van der Waals surface area contributed by atoms with Crippen LogP contribution in [0.4, 0.5) is 0 Å². The molecule has 0 radical (unpaired) electrons. The third-order valence-corrected chi connectivity index (χ3v) is 11.1. The summed E-state index contributed by atoms with van der Waals surface area (Å²) >= 11 is 0. The first-order valence-electron chi connectivity index (χ1n) is 15.7. The van der Waals surface area contributed by atoms with Crippen LogP contribution in [-0.2, 0) is 10.2 Å². The van der Waals surface area contributed by atoms with Crippen molar-refractivity contribution in [2.75, 3.05) is 19.6 Å². The number of aliphatic hydroxyl groups is 1. The van der Waals surface area contributed by atoms with Crippen LogP contribution in [0.15, 0.2) is 54.6 Å². The van der Waals surface area contributed by atoms with Gasteiger partial charge in [0, 0.05) is 31.2 Å². The molecule has 6 nitrogen and oxygen atoms in total. The lowest BCUT2D eigenvalue weighted by Crippen LogP contribution is -2.53. The lowest BCUT2D eigenvalue weighted by atomic mass is 9.70. The van der Waals surface area contributed by atoms with Gasteiger partial charge in [-0.15, -0.1) is 0 Å². The highest BCUT2D eigenvalue weighted by atomic mass is 16.3. The molecule has 4 aliphatic rings. The summed E-state index contributed by atoms with van der Waals surface area (Å²) in [6.45, 7) is 4.79. The third kappa shape index (κ3) is 4.48. The summed E-state index contributed by atoms with van der Waals surface area (Å²) in [7, 11) is 0. The predicted molar refractivity (Wildman–Crippen MR) is 158 cm³/mol. The fourth-order valence-electron chi connectivity index (χ4n) is 8.87. The topological polar surface area (TPSA) is 61.6 Å². The number of hydrogen-bond donors (Lipinski definition) is 1. The lowest BCUT2D eigenvalue weighted by molar-refractivity contribution is -0.152. The van der Waals surface area contributed by atoms with Crippen molar-refractivity contribution in [1.29, 1.82) is 0 Å². The monoisotopic (exact) mass is 540 g/mol. The van der Waals surface area contributed by atoms with Gasteiger partial charge in [0.15, 0.2) is 0 Å². The predicted octanol–water partition coefficient (Wildman–Crippen LogP) is 5.77. The highest BCUT2D eigenvalue weighted by Gasteiger charge is 2.46. The van der Waals surface area contributed by atoms with Crippen molar-refractivity contribution in [2.45, 2.75) is 107 Å². The van der Waals surface area contributed by atoms with Crippen LogP contribution in [0.3, 0.4) is 0 Å². The number of aryl methyl sites for hydroxylation is 1. The van der Waals surface area contributed by atoms with Gasteiger partial charge >= 0.3 is 0 Å². The number of carbonyl (C=O) groups excluding carboxylic acids is 1. The van der Waals surface area contributed by atoms with Gasteiger partial charge in [0.2, 0.25) is 0 Å². The standard InChI is InChI=1S/C34H44N4O2/c1-25-35-30-11-5-6-12-31(30)38(25)29-23-27-13-14-28(24-29)37(27)22-19-33(26-9-3-2-4-10-26)17-20-36(21-18-33)32(39)34(40)15-7-8-16-34/h2-6,9-12,27-29,40H,7-8,13-24H2,1H3/t27-,28+,29+. The average Bonchev–Trinajstić information content (AvgIpc) is 3.64. The molecule has 4 heterocycles. The zero-order chi connectivity index (χ0) is 27.3. The molecule has 6 heteroatoms. The molecular formula is C34H44N4O2. The molecular weight excluding hydrogens is 496 g/mol. The van der Waals surface area contributed by atoms with E-state index in [1.807, 2.05) is 4.90 Å². The van der Waals surface area contributed by atoms with E-state index in [4.69, 9.17) is 4.98 Å². The maximum Gasteiger partial charge on any atom is 0.254 e. The zero-order valence-corrected chi connectivity index (χ0v) is 24.0. The van der Waals surface area contributed by atoms with Gasteiger partial charge in [-0.05, 0) is 107 Å². The van der Waals surface area contributed by atoms with E-state index in [1.54, 1.807) is 0 Å². The van der Waals surface area contributed by atoms with E-state index in [9.17, 15) is 9.90 Å². The van der Waals surface area contributed by atoms with Crippen molar-refractivity contribution < 1.29 is 9.90 Å². The number of piperidine rings is 2. The number of amides is 1. The summed E-state index contributed by atoms with van der Waals surface area (Å²) in [6, 6.07) is 21.4. The van der Waals surface area contributed by atoms with Crippen LogP contribution in [0.25, 0.3) is 11.0 Å². The first kappa shape index (κ1) is 26.2. The fraction of sp³-hybridized carbons (Fsp3) is 0.588. The molecule has 3 saturated heterocycles. The van der Waals surface area contributed by atoms with Crippen molar-refractivity contribution in [3.05, 3.63) is 66.0 Å². The van der Waals surface area contributed by atoms with E-state index < -0.39 is 5.60 Å². The second-order valence-corrected chi connectivity index (χ2v) is 13.2. The average molecular weight is 541 g/mol. The fourth-order valence-corrected chi connectivity index (χ4v) is 8.87. The molecule has 3 atom stereocenters. The van der Waals surface area contributed by atoms with Gasteiger partial charge in [0.25, 0.3) is 5.91 Å². The van der Waals surface area contributed by atoms with E-state index in [2.05, 4.69) is 71.0 Å². The summed E-state index contributed by atoms with van der Waals surface area (Å²) in [5, 5.41) is 11.0. The molecule has 0 spiro atoms. The Kier molecular flexibility index (Phi) is 6.74. The number of fused-ring (bicyclic) bond motifs is 3. The van der Waals surface area contributed by atoms with Crippen LogP contribution >= 0.6 is 0 Å². The van der Waals surface area contributed by atoms with Crippen LogP contribution in [0.1, 0.15) is 88.1 Å². The SMILES string of the molecule is Cc1nc2ccccc2n1[C@H]1C[C@H]2CC[C@@H](C1)N2CCC1(c2ccccc2)CCN(C(=O)C2(O)CCCC2)CC1. The van der Waals surface area contributed by atoms with E-state index in [0.29, 0.717) is 31.0 Å². The van der Waals surface area contributed by atoms with Crippen molar-refractivity contribution in [2.24, 2.45) is 0 Å². The second kappa shape index (κ2) is 10.3. The molecule has 40 heavy (non-hydrogen) atoms. The number of imidazole rings is 1. The molecule has 4 fully saturated rings. The van der Waals surface area contributed by atoms with Gasteiger partial charge in [-0.2, -0.15) is 0 Å². The summed E-state index contributed by atoms with van der Waals surface area (Å²) in [5.41, 5.74) is 2.79. The van der Waals surface area contributed by atoms with E-state index in [1.165, 1.54) is 36.8 Å². The number of para-hydroxylation sites is 2. The molecule has 1 aromatic heterocycles. The van der Waals surface area contributed by atoms with Gasteiger partial charge in [-0.3, -0.25) is 9.69 Å². The number of rotatable bonds is 6. The van der Waals surface area contributed by atoms with Gasteiger partial charge in [-0.25, -0.2) is 4.98 Å². The molecule has 2 bridgehead atoms. The lowest BCUT2D eigenvalue weighted by Gasteiger charge is -2.46. The molecule has 1 amide bonds. The molecule has 2 aromatic carbocycles. The maximum atomic E-state index is 13.3. The maximum absolute atomic E-state index is 13.3. The molecule has 3 aliphatic heterocycles. The smallest absolute Gasteiger partial charge is 0.254 e. The quantitative estimate of drug-likeness (QED) is 0.431. The number of nitrogens with zero attached hydrogens (tertiary/aromatic N) is 4. The van der Waals surface area contributed by atoms with E-state index in [-0.39, 0.29) is 11.3 Å². The Labute approximate surface area is 238 Å². The molecule has 3 aromatic rings. The van der Waals surface area contributed by atoms with Gasteiger partial charge in [0.05, 0.1) is 11.0 Å². The molecule has 212 valence electrons. The van der Waals surface area contributed by atoms with E-state index in [0.717, 1.165) is 63.1 Å².